The maximum Gasteiger partial charge on any atom is 0.431 e. The van der Waals surface area contributed by atoms with Crippen LogP contribution in [0.4, 0.5) is 4.79 Å². The van der Waals surface area contributed by atoms with Gasteiger partial charge in [0, 0.05) is 63.8 Å². The van der Waals surface area contributed by atoms with Crippen LogP contribution < -0.4 is 27.6 Å². The molecule has 0 aromatic carbocycles. The van der Waals surface area contributed by atoms with E-state index in [2.05, 4.69) is 36.9 Å². The Morgan fingerprint density at radius 2 is 0.813 bits per heavy atom. The molecule has 0 rings (SSSR count). The molecule has 0 heterocycles. The summed E-state index contributed by atoms with van der Waals surface area (Å²) in [5.41, 5.74) is 11.4. The molecule has 0 radical (unpaired) electrons. The van der Waals surface area contributed by atoms with Crippen LogP contribution in [0.5, 0.6) is 0 Å². The number of esters is 1. The van der Waals surface area contributed by atoms with Gasteiger partial charge in [-0.3, -0.25) is 33.6 Å². The van der Waals surface area contributed by atoms with Crippen molar-refractivity contribution in [3.8, 4) is 0 Å². The smallest absolute Gasteiger partial charge is 0.431 e. The SMILES string of the molecule is CC(C)(C)CC[C@@H](CC(=O)COCCOCCOCCOCCOCCN)C(=O)NCCCC[C@@H](NC(=O)[C@@H](CCC(=O)OC(C)(C)C)CC(=O)COCCOCCOCCOCCOCCN)C(=O)CCCOCCOCCONC(=O)OC(C)(C)C.O=C=O. The molecule has 0 saturated heterocycles. The number of carbonyl (C=O) groups excluding carboxylic acids is 9. The molecule has 0 aliphatic rings. The van der Waals surface area contributed by atoms with Gasteiger partial charge >= 0.3 is 18.2 Å². The molecule has 0 aliphatic heterocycles. The third-order valence-electron chi connectivity index (χ3n) is 12.0. The van der Waals surface area contributed by atoms with Crippen molar-refractivity contribution in [1.82, 2.24) is 16.1 Å². The van der Waals surface area contributed by atoms with Crippen molar-refractivity contribution in [2.75, 3.05) is 185 Å². The van der Waals surface area contributed by atoms with E-state index >= 15 is 0 Å². The molecule has 3 atom stereocenters. The Morgan fingerprint density at radius 3 is 1.22 bits per heavy atom. The van der Waals surface area contributed by atoms with Crippen LogP contribution in [0.2, 0.25) is 0 Å². The molecule has 532 valence electrons. The zero-order valence-electron chi connectivity index (χ0n) is 56.3. The van der Waals surface area contributed by atoms with Crippen molar-refractivity contribution >= 4 is 47.4 Å². The highest BCUT2D eigenvalue weighted by Gasteiger charge is 2.29. The van der Waals surface area contributed by atoms with Crippen LogP contribution in [0.15, 0.2) is 0 Å². The Kier molecular flexibility index (Phi) is 57.6. The average molecular weight is 1310 g/mol. The number of carbonyl (C=O) groups is 7. The summed E-state index contributed by atoms with van der Waals surface area (Å²) in [4.78, 5) is 114. The fourth-order valence-corrected chi connectivity index (χ4v) is 7.70. The zero-order valence-corrected chi connectivity index (χ0v) is 56.3. The van der Waals surface area contributed by atoms with E-state index in [9.17, 15) is 33.6 Å². The van der Waals surface area contributed by atoms with Gasteiger partial charge in [0.2, 0.25) is 11.8 Å². The molecule has 91 heavy (non-hydrogen) atoms. The van der Waals surface area contributed by atoms with Gasteiger partial charge in [0.25, 0.3) is 0 Å². The Labute approximate surface area is 539 Å². The van der Waals surface area contributed by atoms with E-state index in [1.165, 1.54) is 0 Å². The summed E-state index contributed by atoms with van der Waals surface area (Å²) in [5, 5.41) is 5.87. The Bertz CT molecular complexity index is 1890. The van der Waals surface area contributed by atoms with Gasteiger partial charge in [-0.25, -0.2) is 4.79 Å². The third kappa shape index (κ3) is 64.0. The van der Waals surface area contributed by atoms with Gasteiger partial charge in [0.05, 0.1) is 151 Å². The summed E-state index contributed by atoms with van der Waals surface area (Å²) in [5.74, 6) is -3.84. The summed E-state index contributed by atoms with van der Waals surface area (Å²) < 4.78 is 76.3. The molecular formula is C62H115N5O24. The van der Waals surface area contributed by atoms with E-state index in [1.807, 2.05) is 0 Å². The van der Waals surface area contributed by atoms with Crippen LogP contribution >= 0.6 is 0 Å². The van der Waals surface area contributed by atoms with E-state index in [4.69, 9.17) is 92.2 Å². The molecule has 7 N–H and O–H groups in total. The highest BCUT2D eigenvalue weighted by molar-refractivity contribution is 5.92. The van der Waals surface area contributed by atoms with Gasteiger partial charge in [-0.2, -0.15) is 15.1 Å². The molecule has 0 bridgehead atoms. The zero-order chi connectivity index (χ0) is 68.3. The topological polar surface area (TPSA) is 380 Å². The lowest BCUT2D eigenvalue weighted by molar-refractivity contribution is -0.192. The van der Waals surface area contributed by atoms with Gasteiger partial charge in [0.1, 0.15) is 24.4 Å². The first kappa shape index (κ1) is 88.5. The minimum Gasteiger partial charge on any atom is -0.460 e. The molecule has 0 unspecified atom stereocenters. The number of hydroxylamine groups is 1. The number of unbranched alkanes of at least 4 members (excludes halogenated alkanes) is 1. The number of hydrogen-bond acceptors (Lipinski definition) is 26. The maximum absolute atomic E-state index is 14.2. The van der Waals surface area contributed by atoms with E-state index in [0.29, 0.717) is 138 Å². The Balaban J connectivity index is 0. The standard InChI is InChI=1S/C61H115N5O22.CO2/c1-59(2,3)18-17-50(46-52(68)48-85-42-40-82-38-36-80-34-32-78-30-27-76-24-20-63)56(71)64-21-11-10-13-53(54(69)14-12-22-74-25-28-83-43-44-86-66-58(73)88-61(7,8)9)65-57(72)49(15-16-55(70)87-60(4,5)6)45-51(67)47-84-41-39-81-37-35-79-33-31-77-29-26-75-23-19-62;2-1-3/h49-50,53H,10-48,62-63H2,1-9H3,(H,64,71)(H,65,72)(H,66,73);/t49-,50-,53+;/m0./s1. The van der Waals surface area contributed by atoms with Crippen LogP contribution in [0, 0.1) is 17.3 Å². The molecule has 0 fully saturated rings. The van der Waals surface area contributed by atoms with E-state index in [1.54, 1.807) is 41.5 Å². The summed E-state index contributed by atoms with van der Waals surface area (Å²) in [7, 11) is 0. The summed E-state index contributed by atoms with van der Waals surface area (Å²) >= 11 is 0. The first-order chi connectivity index (χ1) is 43.4. The molecule has 3 amide bonds. The third-order valence-corrected chi connectivity index (χ3v) is 12.0. The lowest BCUT2D eigenvalue weighted by atomic mass is 9.85. The van der Waals surface area contributed by atoms with E-state index in [-0.39, 0.29) is 153 Å². The summed E-state index contributed by atoms with van der Waals surface area (Å²) in [6.45, 7) is 24.8. The summed E-state index contributed by atoms with van der Waals surface area (Å²) in [6.07, 6.45) is 1.72. The van der Waals surface area contributed by atoms with E-state index in [0.717, 1.165) is 0 Å². The lowest BCUT2D eigenvalue weighted by Gasteiger charge is -2.23. The summed E-state index contributed by atoms with van der Waals surface area (Å²) in [6, 6.07) is -0.968. The van der Waals surface area contributed by atoms with Crippen molar-refractivity contribution < 1.29 is 114 Å². The van der Waals surface area contributed by atoms with Gasteiger partial charge in [-0.15, -0.1) is 0 Å². The van der Waals surface area contributed by atoms with E-state index < -0.39 is 47.0 Å². The molecule has 0 aromatic heterocycles. The first-order valence-corrected chi connectivity index (χ1v) is 31.7. The number of rotatable bonds is 61. The van der Waals surface area contributed by atoms with Crippen LogP contribution in [0.3, 0.4) is 0 Å². The minimum absolute atomic E-state index is 0.000773. The number of ether oxygens (including phenoxy) is 14. The highest BCUT2D eigenvalue weighted by Crippen LogP contribution is 2.26. The maximum atomic E-state index is 14.2. The molecule has 29 nitrogen and oxygen atoms in total. The van der Waals surface area contributed by atoms with Crippen molar-refractivity contribution in [3.63, 3.8) is 0 Å². The number of ketones is 3. The van der Waals surface area contributed by atoms with Gasteiger partial charge in [-0.1, -0.05) is 20.8 Å². The second kappa shape index (κ2) is 59.2. The fourth-order valence-electron chi connectivity index (χ4n) is 7.70. The second-order valence-electron chi connectivity index (χ2n) is 23.9. The largest absolute Gasteiger partial charge is 0.460 e. The van der Waals surface area contributed by atoms with Crippen molar-refractivity contribution in [2.45, 2.75) is 150 Å². The highest BCUT2D eigenvalue weighted by atomic mass is 16.7. The molecular weight excluding hydrogens is 1200 g/mol. The van der Waals surface area contributed by atoms with Crippen molar-refractivity contribution in [3.05, 3.63) is 0 Å². The van der Waals surface area contributed by atoms with Gasteiger partial charge in [-0.05, 0) is 91.9 Å². The van der Waals surface area contributed by atoms with Crippen LogP contribution in [-0.2, 0) is 110 Å². The van der Waals surface area contributed by atoms with Crippen molar-refractivity contribution in [2.24, 2.45) is 28.7 Å². The Morgan fingerprint density at radius 1 is 0.429 bits per heavy atom. The van der Waals surface area contributed by atoms with Crippen LogP contribution in [0.25, 0.3) is 0 Å². The van der Waals surface area contributed by atoms with Gasteiger partial charge in [0.15, 0.2) is 17.3 Å². The molecule has 0 aliphatic carbocycles. The van der Waals surface area contributed by atoms with Crippen molar-refractivity contribution in [1.29, 1.82) is 0 Å². The lowest BCUT2D eigenvalue weighted by Crippen LogP contribution is -2.44. The molecule has 0 saturated carbocycles. The average Bonchev–Trinajstić information content (AvgIpc) is 2.32. The fraction of sp³-hybridized carbons (Fsp3) is 0.871. The number of nitrogens with two attached hydrogens (primary N) is 2. The van der Waals surface area contributed by atoms with Crippen LogP contribution in [0.1, 0.15) is 133 Å². The quantitative estimate of drug-likeness (QED) is 0.0331. The van der Waals surface area contributed by atoms with Crippen LogP contribution in [-0.4, -0.2) is 249 Å². The number of Topliss-reactive ketones (excluding diaryl/α,β-unsaturated/α-hetero) is 3. The first-order valence-electron chi connectivity index (χ1n) is 31.7. The number of nitrogens with one attached hydrogen (secondary N) is 3. The molecule has 0 spiro atoms. The normalized spacial score (nSPS) is 12.6. The number of amides is 3. The predicted molar refractivity (Wildman–Crippen MR) is 331 cm³/mol. The molecule has 0 aromatic rings. The monoisotopic (exact) mass is 1310 g/mol. The van der Waals surface area contributed by atoms with Gasteiger partial charge < -0.3 is 88.4 Å². The predicted octanol–water partition coefficient (Wildman–Crippen LogP) is 3.20. The Hall–Kier alpha value is -4.53. The second-order valence-corrected chi connectivity index (χ2v) is 23.9. The number of hydrogen-bond donors (Lipinski definition) is 5. The molecule has 29 heteroatoms. The minimum atomic E-state index is -0.998.